The minimum absolute atomic E-state index is 0.0898. The molecule has 0 amide bonds. The first-order chi connectivity index (χ1) is 7.58. The summed E-state index contributed by atoms with van der Waals surface area (Å²) in [6, 6.07) is 7.37. The van der Waals surface area contributed by atoms with Crippen LogP contribution < -0.4 is 0 Å². The van der Waals surface area contributed by atoms with Crippen LogP contribution in [0, 0.1) is 11.6 Å². The monoisotopic (exact) mass is 240 g/mol. The van der Waals surface area contributed by atoms with Crippen LogP contribution in [0.1, 0.15) is 0 Å². The fraction of sp³-hybridized carbons (Fsp3) is 0. The van der Waals surface area contributed by atoms with Gasteiger partial charge in [0.25, 0.3) is 0 Å². The van der Waals surface area contributed by atoms with Crippen molar-refractivity contribution in [3.8, 4) is 16.9 Å². The summed E-state index contributed by atoms with van der Waals surface area (Å²) in [4.78, 5) is 0. The van der Waals surface area contributed by atoms with Crippen LogP contribution in [-0.2, 0) is 0 Å². The summed E-state index contributed by atoms with van der Waals surface area (Å²) < 4.78 is 26.4. The first-order valence-corrected chi connectivity index (χ1v) is 4.89. The van der Waals surface area contributed by atoms with Gasteiger partial charge in [-0.2, -0.15) is 0 Å². The van der Waals surface area contributed by atoms with E-state index in [1.54, 1.807) is 0 Å². The van der Waals surface area contributed by atoms with Crippen molar-refractivity contribution in [2.45, 2.75) is 0 Å². The fourth-order valence-electron chi connectivity index (χ4n) is 1.40. The normalized spacial score (nSPS) is 10.4. The third kappa shape index (κ3) is 1.99. The molecule has 0 heterocycles. The van der Waals surface area contributed by atoms with Crippen molar-refractivity contribution >= 4 is 11.6 Å². The standard InChI is InChI=1S/C12H7ClF2O/c13-10-3-1-7(5-12(10)16)9-6-8(14)2-4-11(9)15/h1-6,16H. The summed E-state index contributed by atoms with van der Waals surface area (Å²) in [6.45, 7) is 0. The third-order valence-corrected chi connectivity index (χ3v) is 2.51. The number of aromatic hydroxyl groups is 1. The molecule has 0 aromatic heterocycles. The molecule has 0 fully saturated rings. The molecule has 0 aliphatic rings. The maximum atomic E-state index is 13.4. The largest absolute Gasteiger partial charge is 0.506 e. The number of phenolic OH excluding ortho intramolecular Hbond substituents is 1. The fourth-order valence-corrected chi connectivity index (χ4v) is 1.52. The molecule has 4 heteroatoms. The summed E-state index contributed by atoms with van der Waals surface area (Å²) in [5.41, 5.74) is 0.464. The summed E-state index contributed by atoms with van der Waals surface area (Å²) in [6.07, 6.45) is 0. The van der Waals surface area contributed by atoms with Crippen molar-refractivity contribution in [2.75, 3.05) is 0 Å². The summed E-state index contributed by atoms with van der Waals surface area (Å²) in [5.74, 6) is -1.25. The van der Waals surface area contributed by atoms with Gasteiger partial charge in [-0.15, -0.1) is 0 Å². The van der Waals surface area contributed by atoms with Crippen LogP contribution in [0.25, 0.3) is 11.1 Å². The third-order valence-electron chi connectivity index (χ3n) is 2.19. The maximum Gasteiger partial charge on any atom is 0.134 e. The van der Waals surface area contributed by atoms with E-state index in [-0.39, 0.29) is 16.3 Å². The van der Waals surface area contributed by atoms with Gasteiger partial charge in [0.15, 0.2) is 0 Å². The van der Waals surface area contributed by atoms with Crippen LogP contribution in [0.5, 0.6) is 5.75 Å². The highest BCUT2D eigenvalue weighted by molar-refractivity contribution is 6.32. The lowest BCUT2D eigenvalue weighted by Crippen LogP contribution is -1.86. The molecule has 2 aromatic rings. The van der Waals surface area contributed by atoms with Crippen molar-refractivity contribution in [3.05, 3.63) is 53.1 Å². The lowest BCUT2D eigenvalue weighted by molar-refractivity contribution is 0.476. The van der Waals surface area contributed by atoms with Crippen LogP contribution in [0.3, 0.4) is 0 Å². The second-order valence-electron chi connectivity index (χ2n) is 3.29. The van der Waals surface area contributed by atoms with E-state index in [9.17, 15) is 13.9 Å². The Morgan fingerprint density at radius 3 is 2.44 bits per heavy atom. The van der Waals surface area contributed by atoms with Crippen molar-refractivity contribution in [1.29, 1.82) is 0 Å². The topological polar surface area (TPSA) is 20.2 Å². The van der Waals surface area contributed by atoms with Crippen LogP contribution in [0.2, 0.25) is 5.02 Å². The molecular weight excluding hydrogens is 234 g/mol. The molecule has 16 heavy (non-hydrogen) atoms. The molecule has 1 N–H and O–H groups in total. The first-order valence-electron chi connectivity index (χ1n) is 4.52. The Labute approximate surface area is 95.9 Å². The predicted molar refractivity (Wildman–Crippen MR) is 58.5 cm³/mol. The van der Waals surface area contributed by atoms with Gasteiger partial charge in [0.1, 0.15) is 17.4 Å². The molecule has 0 saturated carbocycles. The molecule has 2 rings (SSSR count). The van der Waals surface area contributed by atoms with Crippen LogP contribution in [0.15, 0.2) is 36.4 Å². The number of hydrogen-bond acceptors (Lipinski definition) is 1. The van der Waals surface area contributed by atoms with Gasteiger partial charge in [0.05, 0.1) is 5.02 Å². The zero-order valence-corrected chi connectivity index (χ0v) is 8.80. The van der Waals surface area contributed by atoms with E-state index in [4.69, 9.17) is 11.6 Å². The molecule has 0 atom stereocenters. The van der Waals surface area contributed by atoms with Gasteiger partial charge >= 0.3 is 0 Å². The van der Waals surface area contributed by atoms with Crippen LogP contribution in [-0.4, -0.2) is 5.11 Å². The van der Waals surface area contributed by atoms with Gasteiger partial charge in [-0.1, -0.05) is 17.7 Å². The van der Waals surface area contributed by atoms with Crippen molar-refractivity contribution < 1.29 is 13.9 Å². The lowest BCUT2D eigenvalue weighted by Gasteiger charge is -2.05. The first kappa shape index (κ1) is 10.9. The highest BCUT2D eigenvalue weighted by Gasteiger charge is 2.08. The molecule has 1 nitrogen and oxygen atoms in total. The number of hydrogen-bond donors (Lipinski definition) is 1. The minimum atomic E-state index is -0.553. The van der Waals surface area contributed by atoms with E-state index in [1.165, 1.54) is 18.2 Å². The number of benzene rings is 2. The molecule has 0 unspecified atom stereocenters. The highest BCUT2D eigenvalue weighted by Crippen LogP contribution is 2.31. The predicted octanol–water partition coefficient (Wildman–Crippen LogP) is 3.99. The summed E-state index contributed by atoms with van der Waals surface area (Å²) >= 11 is 5.62. The molecule has 82 valence electrons. The number of phenols is 1. The van der Waals surface area contributed by atoms with E-state index in [0.29, 0.717) is 5.56 Å². The van der Waals surface area contributed by atoms with Crippen molar-refractivity contribution in [2.24, 2.45) is 0 Å². The molecule has 0 spiro atoms. The Hall–Kier alpha value is -1.61. The summed E-state index contributed by atoms with van der Waals surface area (Å²) in [5, 5.41) is 9.54. The van der Waals surface area contributed by atoms with Gasteiger partial charge < -0.3 is 5.11 Å². The van der Waals surface area contributed by atoms with Crippen LogP contribution >= 0.6 is 11.6 Å². The molecule has 0 saturated heterocycles. The van der Waals surface area contributed by atoms with Crippen LogP contribution in [0.4, 0.5) is 8.78 Å². The maximum absolute atomic E-state index is 13.4. The van der Waals surface area contributed by atoms with Crippen molar-refractivity contribution in [3.63, 3.8) is 0 Å². The molecular formula is C12H7ClF2O. The minimum Gasteiger partial charge on any atom is -0.506 e. The number of halogens is 3. The lowest BCUT2D eigenvalue weighted by atomic mass is 10.0. The Morgan fingerprint density at radius 1 is 1.00 bits per heavy atom. The van der Waals surface area contributed by atoms with E-state index < -0.39 is 11.6 Å². The highest BCUT2D eigenvalue weighted by atomic mass is 35.5. The average molecular weight is 241 g/mol. The van der Waals surface area contributed by atoms with E-state index >= 15 is 0 Å². The second kappa shape index (κ2) is 4.10. The SMILES string of the molecule is Oc1cc(-c2cc(F)ccc2F)ccc1Cl. The zero-order chi connectivity index (χ0) is 11.7. The summed E-state index contributed by atoms with van der Waals surface area (Å²) in [7, 11) is 0. The Bertz CT molecular complexity index is 541. The van der Waals surface area contributed by atoms with Gasteiger partial charge in [-0.3, -0.25) is 0 Å². The zero-order valence-electron chi connectivity index (χ0n) is 8.05. The molecule has 0 bridgehead atoms. The molecule has 0 aliphatic heterocycles. The Balaban J connectivity index is 2.58. The number of rotatable bonds is 1. The molecule has 0 radical (unpaired) electrons. The second-order valence-corrected chi connectivity index (χ2v) is 3.70. The van der Waals surface area contributed by atoms with Gasteiger partial charge in [-0.25, -0.2) is 8.78 Å². The van der Waals surface area contributed by atoms with Gasteiger partial charge in [0, 0.05) is 5.56 Å². The van der Waals surface area contributed by atoms with E-state index in [1.807, 2.05) is 0 Å². The Kier molecular flexibility index (Phi) is 2.79. The van der Waals surface area contributed by atoms with Crippen molar-refractivity contribution in [1.82, 2.24) is 0 Å². The molecule has 2 aromatic carbocycles. The van der Waals surface area contributed by atoms with E-state index in [2.05, 4.69) is 0 Å². The smallest absolute Gasteiger partial charge is 0.134 e. The van der Waals surface area contributed by atoms with Gasteiger partial charge in [-0.05, 0) is 35.9 Å². The Morgan fingerprint density at radius 2 is 1.75 bits per heavy atom. The quantitative estimate of drug-likeness (QED) is 0.799. The van der Waals surface area contributed by atoms with Gasteiger partial charge in [0.2, 0.25) is 0 Å². The average Bonchev–Trinajstić information content (AvgIpc) is 2.26. The van der Waals surface area contributed by atoms with E-state index in [0.717, 1.165) is 18.2 Å². The molecule has 0 aliphatic carbocycles.